The van der Waals surface area contributed by atoms with Crippen molar-refractivity contribution >= 4 is 21.6 Å². The van der Waals surface area contributed by atoms with Gasteiger partial charge in [-0.25, -0.2) is 0 Å². The molecule has 5 nitrogen and oxygen atoms in total. The summed E-state index contributed by atoms with van der Waals surface area (Å²) in [7, 11) is 0. The number of nitrogens with one attached hydrogen (secondary N) is 1. The molecule has 0 bridgehead atoms. The summed E-state index contributed by atoms with van der Waals surface area (Å²) >= 11 is 3.38. The highest BCUT2D eigenvalue weighted by molar-refractivity contribution is 9.10. The average molecular weight is 345 g/mol. The highest BCUT2D eigenvalue weighted by Gasteiger charge is 2.10. The van der Waals surface area contributed by atoms with Gasteiger partial charge in [-0.1, -0.05) is 12.1 Å². The van der Waals surface area contributed by atoms with Crippen molar-refractivity contribution < 1.29 is 4.42 Å². The number of hydrogen-bond donors (Lipinski definition) is 1. The summed E-state index contributed by atoms with van der Waals surface area (Å²) in [6.07, 6.45) is 1.78. The number of para-hydroxylation sites is 1. The molecule has 2 aromatic heterocycles. The molecule has 0 aliphatic rings. The minimum absolute atomic E-state index is 0.513. The van der Waals surface area contributed by atoms with Gasteiger partial charge in [0.1, 0.15) is 0 Å². The first-order valence-corrected chi connectivity index (χ1v) is 7.25. The number of rotatable bonds is 4. The molecule has 21 heavy (non-hydrogen) atoms. The second-order valence-corrected chi connectivity index (χ2v) is 5.41. The Morgan fingerprint density at radius 1 is 1.14 bits per heavy atom. The van der Waals surface area contributed by atoms with Crippen molar-refractivity contribution in [2.24, 2.45) is 0 Å². The van der Waals surface area contributed by atoms with Crippen molar-refractivity contribution in [1.29, 1.82) is 0 Å². The molecule has 3 rings (SSSR count). The van der Waals surface area contributed by atoms with E-state index in [0.29, 0.717) is 18.3 Å². The lowest BCUT2D eigenvalue weighted by atomic mass is 10.1. The Bertz CT molecular complexity index is 739. The van der Waals surface area contributed by atoms with Crippen molar-refractivity contribution in [1.82, 2.24) is 15.2 Å². The molecular weight excluding hydrogens is 332 g/mol. The molecule has 6 heteroatoms. The lowest BCUT2D eigenvalue weighted by Gasteiger charge is -2.09. The Morgan fingerprint density at radius 2 is 2.00 bits per heavy atom. The van der Waals surface area contributed by atoms with Gasteiger partial charge in [0, 0.05) is 23.3 Å². The number of benzene rings is 1. The molecule has 106 valence electrons. The molecule has 1 aromatic carbocycles. The number of pyridine rings is 1. The van der Waals surface area contributed by atoms with Gasteiger partial charge in [-0.05, 0) is 40.2 Å². The molecule has 2 heterocycles. The molecule has 1 N–H and O–H groups in total. The van der Waals surface area contributed by atoms with Crippen LogP contribution >= 0.6 is 15.9 Å². The van der Waals surface area contributed by atoms with E-state index in [0.717, 1.165) is 21.4 Å². The Labute approximate surface area is 130 Å². The molecule has 0 aliphatic carbocycles. The monoisotopic (exact) mass is 344 g/mol. The van der Waals surface area contributed by atoms with Crippen LogP contribution in [0.4, 0.5) is 5.69 Å². The molecule has 0 fully saturated rings. The first-order chi connectivity index (χ1) is 10.2. The Hall–Kier alpha value is -2.21. The maximum Gasteiger partial charge on any atom is 0.249 e. The summed E-state index contributed by atoms with van der Waals surface area (Å²) < 4.78 is 6.46. The number of aromatic nitrogens is 3. The number of hydrogen-bond acceptors (Lipinski definition) is 5. The smallest absolute Gasteiger partial charge is 0.249 e. The van der Waals surface area contributed by atoms with E-state index in [2.05, 4.69) is 36.4 Å². The van der Waals surface area contributed by atoms with Crippen LogP contribution in [-0.2, 0) is 6.54 Å². The van der Waals surface area contributed by atoms with E-state index in [-0.39, 0.29) is 0 Å². The van der Waals surface area contributed by atoms with Gasteiger partial charge < -0.3 is 9.73 Å². The largest absolute Gasteiger partial charge is 0.421 e. The zero-order valence-corrected chi connectivity index (χ0v) is 13.0. The molecular formula is C15H13BrN4O. The van der Waals surface area contributed by atoms with E-state index in [9.17, 15) is 0 Å². The second-order valence-electron chi connectivity index (χ2n) is 4.49. The third-order valence-corrected chi connectivity index (χ3v) is 3.40. The van der Waals surface area contributed by atoms with Crippen LogP contribution in [-0.4, -0.2) is 15.2 Å². The van der Waals surface area contributed by atoms with Gasteiger partial charge in [0.25, 0.3) is 0 Å². The van der Waals surface area contributed by atoms with E-state index in [1.54, 1.807) is 13.1 Å². The summed E-state index contributed by atoms with van der Waals surface area (Å²) in [5, 5.41) is 11.3. The summed E-state index contributed by atoms with van der Waals surface area (Å²) in [6.45, 7) is 2.40. The predicted octanol–water partition coefficient (Wildman–Crippen LogP) is 3.81. The molecule has 3 aromatic rings. The molecule has 0 aliphatic heterocycles. The zero-order valence-electron chi connectivity index (χ0n) is 11.4. The van der Waals surface area contributed by atoms with Gasteiger partial charge in [0.05, 0.1) is 17.8 Å². The van der Waals surface area contributed by atoms with Crippen molar-refractivity contribution in [3.63, 3.8) is 0 Å². The number of aryl methyl sites for hydroxylation is 1. The molecule has 0 saturated carbocycles. The maximum absolute atomic E-state index is 5.49. The third-order valence-electron chi connectivity index (χ3n) is 2.93. The number of nitrogens with zero attached hydrogens (tertiary/aromatic N) is 3. The minimum atomic E-state index is 0.513. The summed E-state index contributed by atoms with van der Waals surface area (Å²) in [5.74, 6) is 1.06. The van der Waals surface area contributed by atoms with Gasteiger partial charge in [0.2, 0.25) is 11.8 Å². The van der Waals surface area contributed by atoms with Gasteiger partial charge in [-0.3, -0.25) is 4.98 Å². The van der Waals surface area contributed by atoms with E-state index in [1.807, 2.05) is 36.4 Å². The van der Waals surface area contributed by atoms with E-state index in [4.69, 9.17) is 4.42 Å². The molecule has 0 unspecified atom stereocenters. The van der Waals surface area contributed by atoms with Crippen LogP contribution in [0.3, 0.4) is 0 Å². The molecule has 0 atom stereocenters. The van der Waals surface area contributed by atoms with Gasteiger partial charge in [0.15, 0.2) is 0 Å². The zero-order chi connectivity index (χ0) is 14.7. The van der Waals surface area contributed by atoms with Crippen molar-refractivity contribution in [2.75, 3.05) is 5.32 Å². The second kappa shape index (κ2) is 6.05. The van der Waals surface area contributed by atoms with E-state index < -0.39 is 0 Å². The summed E-state index contributed by atoms with van der Waals surface area (Å²) in [5.41, 5.74) is 2.77. The van der Waals surface area contributed by atoms with E-state index in [1.165, 1.54) is 0 Å². The first-order valence-electron chi connectivity index (χ1n) is 6.46. The lowest BCUT2D eigenvalue weighted by Crippen LogP contribution is -2.02. The van der Waals surface area contributed by atoms with Crippen LogP contribution in [0.25, 0.3) is 11.5 Å². The molecule has 0 radical (unpaired) electrons. The number of anilines is 1. The van der Waals surface area contributed by atoms with Gasteiger partial charge >= 0.3 is 0 Å². The summed E-state index contributed by atoms with van der Waals surface area (Å²) in [4.78, 5) is 4.34. The van der Waals surface area contributed by atoms with Crippen LogP contribution in [0, 0.1) is 6.92 Å². The summed E-state index contributed by atoms with van der Waals surface area (Å²) in [6, 6.07) is 11.8. The standard InChI is InChI=1S/C15H13BrN4O/c1-10-19-20-15(21-10)13-4-2-3-5-14(13)18-9-12-7-6-11(16)8-17-12/h2-8,18H,9H2,1H3. The molecule has 0 saturated heterocycles. The quantitative estimate of drug-likeness (QED) is 0.779. The normalized spacial score (nSPS) is 10.6. The average Bonchev–Trinajstić information content (AvgIpc) is 2.93. The third kappa shape index (κ3) is 3.28. The lowest BCUT2D eigenvalue weighted by molar-refractivity contribution is 0.533. The Balaban J connectivity index is 1.81. The van der Waals surface area contributed by atoms with Crippen molar-refractivity contribution in [3.05, 3.63) is 58.7 Å². The van der Waals surface area contributed by atoms with E-state index >= 15 is 0 Å². The van der Waals surface area contributed by atoms with Crippen LogP contribution < -0.4 is 5.32 Å². The molecule has 0 amide bonds. The topological polar surface area (TPSA) is 63.8 Å². The van der Waals surface area contributed by atoms with Crippen LogP contribution in [0.1, 0.15) is 11.6 Å². The van der Waals surface area contributed by atoms with Crippen molar-refractivity contribution in [2.45, 2.75) is 13.5 Å². The first kappa shape index (κ1) is 13.8. The SMILES string of the molecule is Cc1nnc(-c2ccccc2NCc2ccc(Br)cn2)o1. The van der Waals surface area contributed by atoms with Crippen LogP contribution in [0.15, 0.2) is 51.5 Å². The minimum Gasteiger partial charge on any atom is -0.421 e. The van der Waals surface area contributed by atoms with Crippen LogP contribution in [0.5, 0.6) is 0 Å². The maximum atomic E-state index is 5.49. The predicted molar refractivity (Wildman–Crippen MR) is 83.7 cm³/mol. The van der Waals surface area contributed by atoms with Crippen LogP contribution in [0.2, 0.25) is 0 Å². The fourth-order valence-electron chi connectivity index (χ4n) is 1.93. The Kier molecular flexibility index (Phi) is 3.96. The van der Waals surface area contributed by atoms with Crippen molar-refractivity contribution in [3.8, 4) is 11.5 Å². The fraction of sp³-hybridized carbons (Fsp3) is 0.133. The highest BCUT2D eigenvalue weighted by atomic mass is 79.9. The highest BCUT2D eigenvalue weighted by Crippen LogP contribution is 2.26. The van der Waals surface area contributed by atoms with Gasteiger partial charge in [-0.15, -0.1) is 10.2 Å². The van der Waals surface area contributed by atoms with Gasteiger partial charge in [-0.2, -0.15) is 0 Å². The number of halogens is 1. The Morgan fingerprint density at radius 3 is 2.71 bits per heavy atom. The fourth-order valence-corrected chi connectivity index (χ4v) is 2.16. The molecule has 0 spiro atoms.